The fourth-order valence-electron chi connectivity index (χ4n) is 2.88. The molecule has 0 saturated carbocycles. The monoisotopic (exact) mass is 390 g/mol. The molecule has 5 nitrogen and oxygen atoms in total. The Hall–Kier alpha value is -2.12. The second kappa shape index (κ2) is 7.63. The number of nitrogens with zero attached hydrogens (tertiary/aromatic N) is 2. The summed E-state index contributed by atoms with van der Waals surface area (Å²) in [5.41, 5.74) is 1.53. The molecule has 138 valence electrons. The van der Waals surface area contributed by atoms with Crippen LogP contribution in [0.3, 0.4) is 0 Å². The quantitative estimate of drug-likeness (QED) is 0.734. The number of likely N-dealkylation sites (N-methyl/N-ethyl adjacent to an activating group) is 1. The van der Waals surface area contributed by atoms with Gasteiger partial charge in [0.2, 0.25) is 15.9 Å². The Kier molecular flexibility index (Phi) is 5.48. The zero-order chi connectivity index (χ0) is 18.7. The van der Waals surface area contributed by atoms with E-state index in [9.17, 15) is 13.2 Å². The lowest BCUT2D eigenvalue weighted by molar-refractivity contribution is -0.126. The second-order valence-corrected chi connectivity index (χ2v) is 9.30. The predicted molar refractivity (Wildman–Crippen MR) is 107 cm³/mol. The third-order valence-corrected chi connectivity index (χ3v) is 7.49. The summed E-state index contributed by atoms with van der Waals surface area (Å²) in [6.07, 6.45) is 3.96. The van der Waals surface area contributed by atoms with Crippen molar-refractivity contribution in [2.24, 2.45) is 0 Å². The lowest BCUT2D eigenvalue weighted by atomic mass is 10.2. The first-order valence-electron chi connectivity index (χ1n) is 8.47. The van der Waals surface area contributed by atoms with Crippen LogP contribution in [0.15, 0.2) is 47.9 Å². The van der Waals surface area contributed by atoms with E-state index in [1.54, 1.807) is 47.6 Å². The van der Waals surface area contributed by atoms with Gasteiger partial charge in [0, 0.05) is 24.5 Å². The van der Waals surface area contributed by atoms with Crippen molar-refractivity contribution in [3.63, 3.8) is 0 Å². The summed E-state index contributed by atoms with van der Waals surface area (Å²) < 4.78 is 25.4. The molecule has 1 atom stereocenters. The van der Waals surface area contributed by atoms with Crippen LogP contribution in [-0.4, -0.2) is 38.6 Å². The molecular weight excluding hydrogens is 368 g/mol. The van der Waals surface area contributed by atoms with E-state index in [2.05, 4.69) is 0 Å². The summed E-state index contributed by atoms with van der Waals surface area (Å²) in [5, 5.41) is 2.00. The summed E-state index contributed by atoms with van der Waals surface area (Å²) in [4.78, 5) is 15.2. The van der Waals surface area contributed by atoms with Gasteiger partial charge in [-0.2, -0.15) is 0 Å². The minimum atomic E-state index is -3.17. The fraction of sp³-hybridized carbons (Fsp3) is 0.316. The van der Waals surface area contributed by atoms with E-state index >= 15 is 0 Å². The van der Waals surface area contributed by atoms with Gasteiger partial charge in [-0.3, -0.25) is 9.10 Å². The predicted octanol–water partition coefficient (Wildman–Crippen LogP) is 3.52. The number of anilines is 1. The molecule has 2 heterocycles. The molecule has 1 aromatic carbocycles. The smallest absolute Gasteiger partial charge is 0.246 e. The molecule has 7 heteroatoms. The first kappa shape index (κ1) is 18.7. The number of rotatable bonds is 5. The van der Waals surface area contributed by atoms with Crippen LogP contribution in [0.25, 0.3) is 6.08 Å². The SMILES string of the molecule is CC(c1cccs1)N(C)C(=O)C=Cc1ccc(N2CCCS2(=O)=O)cc1. The third kappa shape index (κ3) is 3.99. The molecule has 0 spiro atoms. The molecule has 1 amide bonds. The maximum Gasteiger partial charge on any atom is 0.246 e. The molecule has 1 saturated heterocycles. The number of sulfonamides is 1. The van der Waals surface area contributed by atoms with E-state index in [-0.39, 0.29) is 17.7 Å². The molecule has 1 aliphatic heterocycles. The number of carbonyl (C=O) groups is 1. The van der Waals surface area contributed by atoms with Gasteiger partial charge in [-0.15, -0.1) is 11.3 Å². The van der Waals surface area contributed by atoms with E-state index in [0.717, 1.165) is 10.4 Å². The van der Waals surface area contributed by atoms with Crippen LogP contribution in [0.1, 0.15) is 29.8 Å². The minimum absolute atomic E-state index is 0.0231. The lowest BCUT2D eigenvalue weighted by Gasteiger charge is -2.22. The highest BCUT2D eigenvalue weighted by atomic mass is 32.2. The van der Waals surface area contributed by atoms with Crippen LogP contribution in [0.2, 0.25) is 0 Å². The van der Waals surface area contributed by atoms with Gasteiger partial charge in [-0.1, -0.05) is 18.2 Å². The molecule has 1 aliphatic rings. The van der Waals surface area contributed by atoms with Gasteiger partial charge in [0.05, 0.1) is 17.5 Å². The molecule has 1 aromatic heterocycles. The van der Waals surface area contributed by atoms with Crippen LogP contribution >= 0.6 is 11.3 Å². The van der Waals surface area contributed by atoms with Crippen molar-refractivity contribution < 1.29 is 13.2 Å². The lowest BCUT2D eigenvalue weighted by Crippen LogP contribution is -2.27. The number of hydrogen-bond acceptors (Lipinski definition) is 4. The number of hydrogen-bond donors (Lipinski definition) is 0. The molecule has 26 heavy (non-hydrogen) atoms. The number of thiophene rings is 1. The summed E-state index contributed by atoms with van der Waals surface area (Å²) in [6, 6.07) is 11.2. The van der Waals surface area contributed by atoms with Crippen LogP contribution in [-0.2, 0) is 14.8 Å². The normalized spacial score (nSPS) is 17.5. The number of carbonyl (C=O) groups excluding carboxylic acids is 1. The molecule has 0 radical (unpaired) electrons. The van der Waals surface area contributed by atoms with Crippen LogP contribution in [0, 0.1) is 0 Å². The molecule has 0 N–H and O–H groups in total. The first-order valence-corrected chi connectivity index (χ1v) is 11.0. The average molecular weight is 391 g/mol. The molecule has 0 aliphatic carbocycles. The Morgan fingerprint density at radius 3 is 2.58 bits per heavy atom. The first-order chi connectivity index (χ1) is 12.4. The second-order valence-electron chi connectivity index (χ2n) is 6.31. The van der Waals surface area contributed by atoms with Gasteiger partial charge in [0.1, 0.15) is 0 Å². The van der Waals surface area contributed by atoms with E-state index in [1.165, 1.54) is 4.31 Å². The van der Waals surface area contributed by atoms with Crippen LogP contribution in [0.4, 0.5) is 5.69 Å². The zero-order valence-electron chi connectivity index (χ0n) is 14.8. The van der Waals surface area contributed by atoms with Crippen molar-refractivity contribution >= 4 is 39.0 Å². The molecule has 1 unspecified atom stereocenters. The highest BCUT2D eigenvalue weighted by molar-refractivity contribution is 7.93. The standard InChI is InChI=1S/C19H22N2O3S2/c1-15(18-5-3-13-25-18)20(2)19(22)11-8-16-6-9-17(10-7-16)21-12-4-14-26(21,23)24/h3,5-11,13,15H,4,12,14H2,1-2H3. The highest BCUT2D eigenvalue weighted by Crippen LogP contribution is 2.25. The molecular formula is C19H22N2O3S2. The minimum Gasteiger partial charge on any atom is -0.335 e. The Bertz CT molecular complexity index is 887. The Morgan fingerprint density at radius 1 is 1.27 bits per heavy atom. The summed E-state index contributed by atoms with van der Waals surface area (Å²) in [5.74, 6) is 0.134. The van der Waals surface area contributed by atoms with Crippen molar-refractivity contribution in [1.29, 1.82) is 0 Å². The molecule has 2 aromatic rings. The van der Waals surface area contributed by atoms with Crippen molar-refractivity contribution in [2.75, 3.05) is 23.7 Å². The van der Waals surface area contributed by atoms with Gasteiger partial charge < -0.3 is 4.90 Å². The number of amides is 1. The maximum atomic E-state index is 12.4. The van der Waals surface area contributed by atoms with Gasteiger partial charge in [0.25, 0.3) is 0 Å². The van der Waals surface area contributed by atoms with Crippen molar-refractivity contribution in [1.82, 2.24) is 4.90 Å². The molecule has 1 fully saturated rings. The van der Waals surface area contributed by atoms with E-state index in [0.29, 0.717) is 18.7 Å². The zero-order valence-corrected chi connectivity index (χ0v) is 16.5. The summed E-state index contributed by atoms with van der Waals surface area (Å²) >= 11 is 1.63. The largest absolute Gasteiger partial charge is 0.335 e. The van der Waals surface area contributed by atoms with Gasteiger partial charge in [0.15, 0.2) is 0 Å². The Morgan fingerprint density at radius 2 is 2.00 bits per heavy atom. The third-order valence-electron chi connectivity index (χ3n) is 4.58. The maximum absolute atomic E-state index is 12.4. The van der Waals surface area contributed by atoms with Gasteiger partial charge in [-0.25, -0.2) is 8.42 Å². The van der Waals surface area contributed by atoms with Crippen molar-refractivity contribution in [3.8, 4) is 0 Å². The fourth-order valence-corrected chi connectivity index (χ4v) is 5.27. The summed E-state index contributed by atoms with van der Waals surface area (Å²) in [7, 11) is -1.38. The van der Waals surface area contributed by atoms with Crippen molar-refractivity contribution in [2.45, 2.75) is 19.4 Å². The van der Waals surface area contributed by atoms with Gasteiger partial charge in [-0.05, 0) is 48.6 Å². The highest BCUT2D eigenvalue weighted by Gasteiger charge is 2.28. The topological polar surface area (TPSA) is 57.7 Å². The molecule has 0 bridgehead atoms. The van der Waals surface area contributed by atoms with Crippen LogP contribution < -0.4 is 4.31 Å². The summed E-state index contributed by atoms with van der Waals surface area (Å²) in [6.45, 7) is 2.53. The van der Waals surface area contributed by atoms with Gasteiger partial charge >= 0.3 is 0 Å². The van der Waals surface area contributed by atoms with Crippen molar-refractivity contribution in [3.05, 3.63) is 58.3 Å². The Balaban J connectivity index is 1.66. The van der Waals surface area contributed by atoms with E-state index in [4.69, 9.17) is 0 Å². The van der Waals surface area contributed by atoms with Crippen LogP contribution in [0.5, 0.6) is 0 Å². The van der Waals surface area contributed by atoms with E-state index in [1.807, 2.05) is 36.6 Å². The number of benzene rings is 1. The molecule has 3 rings (SSSR count). The van der Waals surface area contributed by atoms with E-state index < -0.39 is 10.0 Å². The Labute approximate surface area is 158 Å². The average Bonchev–Trinajstić information content (AvgIpc) is 3.28.